The van der Waals surface area contributed by atoms with E-state index in [0.29, 0.717) is 18.8 Å². The molecule has 4 atom stereocenters. The number of nitrogens with one attached hydrogen (secondary N) is 2. The van der Waals surface area contributed by atoms with E-state index in [4.69, 9.17) is 0 Å². The van der Waals surface area contributed by atoms with Gasteiger partial charge in [-0.3, -0.25) is 9.59 Å². The first-order valence-corrected chi connectivity index (χ1v) is 6.79. The summed E-state index contributed by atoms with van der Waals surface area (Å²) in [5.41, 5.74) is 0. The molecule has 2 saturated carbocycles. The second-order valence-corrected chi connectivity index (χ2v) is 5.84. The van der Waals surface area contributed by atoms with Gasteiger partial charge >= 0.3 is 0 Å². The summed E-state index contributed by atoms with van der Waals surface area (Å²) in [7, 11) is 0. The zero-order valence-corrected chi connectivity index (χ0v) is 10.1. The SMILES string of the molecule is O=C1CC[C@H](C(=O)NC[C@H]2C[C@H]3CC[C@H]2C3)N1. The van der Waals surface area contributed by atoms with Crippen LogP contribution in [0.5, 0.6) is 0 Å². The van der Waals surface area contributed by atoms with E-state index in [9.17, 15) is 9.59 Å². The molecular weight excluding hydrogens is 216 g/mol. The molecule has 2 bridgehead atoms. The Kier molecular flexibility index (Phi) is 2.81. The van der Waals surface area contributed by atoms with Crippen molar-refractivity contribution in [2.24, 2.45) is 17.8 Å². The molecular formula is C13H20N2O2. The number of amides is 2. The fourth-order valence-corrected chi connectivity index (χ4v) is 3.79. The Bertz CT molecular complexity index is 342. The summed E-state index contributed by atoms with van der Waals surface area (Å²) >= 11 is 0. The Morgan fingerprint density at radius 1 is 1.29 bits per heavy atom. The standard InChI is InChI=1S/C13H20N2O2/c16-12-4-3-11(15-12)13(17)14-7-10-6-8-1-2-9(10)5-8/h8-11H,1-7H2,(H,14,17)(H,15,16)/t8-,9-,10+,11+/m0/s1. The minimum absolute atomic E-state index is 0.00470. The molecule has 17 heavy (non-hydrogen) atoms. The predicted octanol–water partition coefficient (Wildman–Crippen LogP) is 0.817. The van der Waals surface area contributed by atoms with E-state index in [0.717, 1.165) is 18.4 Å². The van der Waals surface area contributed by atoms with Crippen molar-refractivity contribution < 1.29 is 9.59 Å². The summed E-state index contributed by atoms with van der Waals surface area (Å²) in [6.45, 7) is 0.812. The topological polar surface area (TPSA) is 58.2 Å². The monoisotopic (exact) mass is 236 g/mol. The van der Waals surface area contributed by atoms with Crippen LogP contribution in [0.2, 0.25) is 0 Å². The lowest BCUT2D eigenvalue weighted by molar-refractivity contribution is -0.125. The summed E-state index contributed by atoms with van der Waals surface area (Å²) in [4.78, 5) is 22.9. The van der Waals surface area contributed by atoms with Gasteiger partial charge in [-0.05, 0) is 43.4 Å². The van der Waals surface area contributed by atoms with Crippen LogP contribution in [0.25, 0.3) is 0 Å². The maximum Gasteiger partial charge on any atom is 0.242 e. The van der Waals surface area contributed by atoms with Gasteiger partial charge in [0.15, 0.2) is 0 Å². The van der Waals surface area contributed by atoms with Crippen LogP contribution in [-0.4, -0.2) is 24.4 Å². The maximum atomic E-state index is 11.8. The molecule has 1 heterocycles. The summed E-state index contributed by atoms with van der Waals surface area (Å²) in [6, 6.07) is -0.277. The van der Waals surface area contributed by atoms with E-state index in [1.165, 1.54) is 25.7 Å². The fraction of sp³-hybridized carbons (Fsp3) is 0.846. The van der Waals surface area contributed by atoms with Crippen molar-refractivity contribution in [3.05, 3.63) is 0 Å². The molecule has 1 saturated heterocycles. The highest BCUT2D eigenvalue weighted by molar-refractivity contribution is 5.90. The minimum atomic E-state index is -0.277. The van der Waals surface area contributed by atoms with E-state index in [1.807, 2.05) is 0 Å². The number of fused-ring (bicyclic) bond motifs is 2. The molecule has 0 unspecified atom stereocenters. The lowest BCUT2D eigenvalue weighted by atomic mass is 9.89. The van der Waals surface area contributed by atoms with Crippen molar-refractivity contribution in [2.75, 3.05) is 6.54 Å². The van der Waals surface area contributed by atoms with Crippen LogP contribution in [0, 0.1) is 17.8 Å². The van der Waals surface area contributed by atoms with Crippen LogP contribution < -0.4 is 10.6 Å². The van der Waals surface area contributed by atoms with Gasteiger partial charge in [-0.1, -0.05) is 6.42 Å². The first-order chi connectivity index (χ1) is 8.22. The van der Waals surface area contributed by atoms with Crippen LogP contribution >= 0.6 is 0 Å². The second-order valence-electron chi connectivity index (χ2n) is 5.84. The van der Waals surface area contributed by atoms with Crippen LogP contribution in [0.15, 0.2) is 0 Å². The van der Waals surface area contributed by atoms with Crippen LogP contribution in [-0.2, 0) is 9.59 Å². The van der Waals surface area contributed by atoms with Crippen LogP contribution in [0.3, 0.4) is 0 Å². The lowest BCUT2D eigenvalue weighted by Gasteiger charge is -2.22. The van der Waals surface area contributed by atoms with Gasteiger partial charge in [0, 0.05) is 13.0 Å². The van der Waals surface area contributed by atoms with E-state index >= 15 is 0 Å². The number of carbonyl (C=O) groups is 2. The molecule has 0 aromatic carbocycles. The van der Waals surface area contributed by atoms with Gasteiger partial charge < -0.3 is 10.6 Å². The van der Waals surface area contributed by atoms with Crippen LogP contribution in [0.4, 0.5) is 0 Å². The zero-order chi connectivity index (χ0) is 11.8. The van der Waals surface area contributed by atoms with Crippen molar-refractivity contribution in [1.29, 1.82) is 0 Å². The normalized spacial score (nSPS) is 39.4. The molecule has 4 heteroatoms. The largest absolute Gasteiger partial charge is 0.354 e. The second kappa shape index (κ2) is 4.31. The highest BCUT2D eigenvalue weighted by Crippen LogP contribution is 2.47. The molecule has 0 aromatic rings. The number of carbonyl (C=O) groups excluding carboxylic acids is 2. The molecule has 0 radical (unpaired) electrons. The molecule has 1 aliphatic heterocycles. The minimum Gasteiger partial charge on any atom is -0.354 e. The van der Waals surface area contributed by atoms with Gasteiger partial charge in [0.05, 0.1) is 0 Å². The van der Waals surface area contributed by atoms with Crippen molar-refractivity contribution in [1.82, 2.24) is 10.6 Å². The average Bonchev–Trinajstić information content (AvgIpc) is 3.01. The zero-order valence-electron chi connectivity index (χ0n) is 10.1. The van der Waals surface area contributed by atoms with Gasteiger partial charge in [-0.25, -0.2) is 0 Å². The first-order valence-electron chi connectivity index (χ1n) is 6.79. The third-order valence-corrected chi connectivity index (χ3v) is 4.73. The predicted molar refractivity (Wildman–Crippen MR) is 63.1 cm³/mol. The average molecular weight is 236 g/mol. The van der Waals surface area contributed by atoms with Crippen LogP contribution in [0.1, 0.15) is 38.5 Å². The van der Waals surface area contributed by atoms with Gasteiger partial charge in [0.1, 0.15) is 6.04 Å². The molecule has 2 aliphatic carbocycles. The molecule has 0 spiro atoms. The van der Waals surface area contributed by atoms with Crippen molar-refractivity contribution in [3.8, 4) is 0 Å². The quantitative estimate of drug-likeness (QED) is 0.762. The maximum absolute atomic E-state index is 11.8. The number of hydrogen-bond donors (Lipinski definition) is 2. The summed E-state index contributed by atoms with van der Waals surface area (Å²) in [5.74, 6) is 2.48. The van der Waals surface area contributed by atoms with Crippen molar-refractivity contribution in [3.63, 3.8) is 0 Å². The third kappa shape index (κ3) is 2.17. The number of rotatable bonds is 3. The highest BCUT2D eigenvalue weighted by atomic mass is 16.2. The van der Waals surface area contributed by atoms with Crippen molar-refractivity contribution >= 4 is 11.8 Å². The Hall–Kier alpha value is -1.06. The molecule has 2 N–H and O–H groups in total. The molecule has 3 aliphatic rings. The Balaban J connectivity index is 1.45. The van der Waals surface area contributed by atoms with Crippen molar-refractivity contribution in [2.45, 2.75) is 44.6 Å². The van der Waals surface area contributed by atoms with E-state index in [1.54, 1.807) is 0 Å². The Morgan fingerprint density at radius 2 is 2.18 bits per heavy atom. The summed E-state index contributed by atoms with van der Waals surface area (Å²) < 4.78 is 0. The van der Waals surface area contributed by atoms with E-state index in [-0.39, 0.29) is 17.9 Å². The molecule has 94 valence electrons. The Morgan fingerprint density at radius 3 is 2.76 bits per heavy atom. The molecule has 3 rings (SSSR count). The molecule has 3 fully saturated rings. The summed E-state index contributed by atoms with van der Waals surface area (Å²) in [5, 5.41) is 5.73. The summed E-state index contributed by atoms with van der Waals surface area (Å²) in [6.07, 6.45) is 6.56. The highest BCUT2D eigenvalue weighted by Gasteiger charge is 2.39. The third-order valence-electron chi connectivity index (χ3n) is 4.73. The smallest absolute Gasteiger partial charge is 0.242 e. The molecule has 0 aromatic heterocycles. The lowest BCUT2D eigenvalue weighted by Crippen LogP contribution is -2.43. The number of hydrogen-bond acceptors (Lipinski definition) is 2. The molecule has 2 amide bonds. The molecule has 4 nitrogen and oxygen atoms in total. The first kappa shape index (κ1) is 11.1. The van der Waals surface area contributed by atoms with Gasteiger partial charge in [-0.2, -0.15) is 0 Å². The fourth-order valence-electron chi connectivity index (χ4n) is 3.79. The Labute approximate surface area is 102 Å². The van der Waals surface area contributed by atoms with Gasteiger partial charge in [0.2, 0.25) is 11.8 Å². The van der Waals surface area contributed by atoms with E-state index < -0.39 is 0 Å². The van der Waals surface area contributed by atoms with E-state index in [2.05, 4.69) is 10.6 Å². The van der Waals surface area contributed by atoms with Gasteiger partial charge in [0.25, 0.3) is 0 Å². The van der Waals surface area contributed by atoms with Gasteiger partial charge in [-0.15, -0.1) is 0 Å².